The van der Waals surface area contributed by atoms with Crippen LogP contribution >= 0.6 is 0 Å². The summed E-state index contributed by atoms with van der Waals surface area (Å²) in [6.07, 6.45) is 0.882. The third kappa shape index (κ3) is 3.12. The Hall–Kier alpha value is -1.87. The summed E-state index contributed by atoms with van der Waals surface area (Å²) in [7, 11) is 0. The number of hydrogen-bond acceptors (Lipinski definition) is 2. The molecule has 0 aliphatic rings. The first-order chi connectivity index (χ1) is 9.11. The van der Waals surface area contributed by atoms with E-state index in [0.29, 0.717) is 11.3 Å². The van der Waals surface area contributed by atoms with Gasteiger partial charge < -0.3 is 10.5 Å². The smallest absolute Gasteiger partial charge is 0.168 e. The van der Waals surface area contributed by atoms with Crippen LogP contribution in [-0.2, 0) is 0 Å². The Morgan fingerprint density at radius 1 is 1.16 bits per heavy atom. The fraction of sp³-hybridized carbons (Fsp3) is 0.250. The molecule has 0 fully saturated rings. The van der Waals surface area contributed by atoms with Crippen molar-refractivity contribution in [2.75, 3.05) is 0 Å². The molecule has 2 rings (SSSR count). The molecule has 3 heteroatoms. The normalized spacial score (nSPS) is 12.2. The summed E-state index contributed by atoms with van der Waals surface area (Å²) in [6.45, 7) is 3.75. The maximum absolute atomic E-state index is 13.8. The number of nitrogens with two attached hydrogens (primary N) is 1. The molecule has 2 nitrogen and oxygen atoms in total. The van der Waals surface area contributed by atoms with Gasteiger partial charge in [0.05, 0.1) is 0 Å². The summed E-state index contributed by atoms with van der Waals surface area (Å²) in [5.41, 5.74) is 7.57. The molecular formula is C16H18FNO. The Bertz CT molecular complexity index is 551. The van der Waals surface area contributed by atoms with E-state index in [1.54, 1.807) is 25.1 Å². The fourth-order valence-electron chi connectivity index (χ4n) is 1.85. The van der Waals surface area contributed by atoms with E-state index >= 15 is 0 Å². The lowest BCUT2D eigenvalue weighted by Gasteiger charge is -2.11. The molecule has 19 heavy (non-hydrogen) atoms. The van der Waals surface area contributed by atoms with Crippen LogP contribution in [0, 0.1) is 12.7 Å². The van der Waals surface area contributed by atoms with Gasteiger partial charge in [-0.15, -0.1) is 0 Å². The molecule has 2 N–H and O–H groups in total. The first kappa shape index (κ1) is 13.6. The van der Waals surface area contributed by atoms with E-state index in [1.807, 2.05) is 31.2 Å². The second kappa shape index (κ2) is 5.85. The molecular weight excluding hydrogens is 241 g/mol. The third-order valence-electron chi connectivity index (χ3n) is 3.13. The fourth-order valence-corrected chi connectivity index (χ4v) is 1.85. The molecule has 2 aromatic rings. The molecule has 0 aliphatic carbocycles. The highest BCUT2D eigenvalue weighted by atomic mass is 19.1. The van der Waals surface area contributed by atoms with E-state index < -0.39 is 0 Å². The van der Waals surface area contributed by atoms with Gasteiger partial charge in [-0.25, -0.2) is 4.39 Å². The Kier molecular flexibility index (Phi) is 4.17. The second-order valence-corrected chi connectivity index (χ2v) is 4.57. The summed E-state index contributed by atoms with van der Waals surface area (Å²) < 4.78 is 19.3. The molecule has 0 unspecified atom stereocenters. The minimum atomic E-state index is -0.322. The second-order valence-electron chi connectivity index (χ2n) is 4.57. The van der Waals surface area contributed by atoms with Crippen molar-refractivity contribution >= 4 is 0 Å². The summed E-state index contributed by atoms with van der Waals surface area (Å²) in [4.78, 5) is 0. The molecule has 0 saturated heterocycles. The van der Waals surface area contributed by atoms with Gasteiger partial charge in [-0.05, 0) is 42.7 Å². The molecule has 0 amide bonds. The van der Waals surface area contributed by atoms with Crippen LogP contribution < -0.4 is 10.5 Å². The maximum atomic E-state index is 13.8. The molecule has 0 aliphatic heterocycles. The Morgan fingerprint density at radius 2 is 1.84 bits per heavy atom. The quantitative estimate of drug-likeness (QED) is 0.886. The lowest BCUT2D eigenvalue weighted by atomic mass is 10.1. The standard InChI is InChI=1S/C16H18FNO/c1-3-14(18)12-7-9-13(10-8-12)19-15-6-4-5-11(2)16(15)17/h4-10,14H,3,18H2,1-2H3/t14-/m0/s1. The van der Waals surface area contributed by atoms with Gasteiger partial charge in [0.2, 0.25) is 0 Å². The largest absolute Gasteiger partial charge is 0.454 e. The summed E-state index contributed by atoms with van der Waals surface area (Å²) in [5.74, 6) is 0.529. The molecule has 100 valence electrons. The van der Waals surface area contributed by atoms with Crippen molar-refractivity contribution in [3.63, 3.8) is 0 Å². The monoisotopic (exact) mass is 259 g/mol. The van der Waals surface area contributed by atoms with Gasteiger partial charge in [-0.2, -0.15) is 0 Å². The Labute approximate surface area is 113 Å². The lowest BCUT2D eigenvalue weighted by molar-refractivity contribution is 0.440. The van der Waals surface area contributed by atoms with Crippen LogP contribution in [0.15, 0.2) is 42.5 Å². The Morgan fingerprint density at radius 3 is 2.47 bits per heavy atom. The molecule has 0 aromatic heterocycles. The highest BCUT2D eigenvalue weighted by Crippen LogP contribution is 2.27. The minimum Gasteiger partial charge on any atom is -0.454 e. The van der Waals surface area contributed by atoms with Gasteiger partial charge in [-0.1, -0.05) is 31.2 Å². The third-order valence-corrected chi connectivity index (χ3v) is 3.13. The van der Waals surface area contributed by atoms with Crippen molar-refractivity contribution in [1.82, 2.24) is 0 Å². The predicted octanol–water partition coefficient (Wildman–Crippen LogP) is 4.34. The zero-order valence-electron chi connectivity index (χ0n) is 11.2. The molecule has 1 atom stereocenters. The summed E-state index contributed by atoms with van der Waals surface area (Å²) in [5, 5.41) is 0. The van der Waals surface area contributed by atoms with Crippen molar-refractivity contribution in [2.45, 2.75) is 26.3 Å². The van der Waals surface area contributed by atoms with Gasteiger partial charge in [-0.3, -0.25) is 0 Å². The van der Waals surface area contributed by atoms with Crippen LogP contribution in [-0.4, -0.2) is 0 Å². The van der Waals surface area contributed by atoms with Crippen LogP contribution in [0.25, 0.3) is 0 Å². The van der Waals surface area contributed by atoms with Crippen LogP contribution in [0.1, 0.15) is 30.5 Å². The first-order valence-corrected chi connectivity index (χ1v) is 6.40. The van der Waals surface area contributed by atoms with E-state index in [9.17, 15) is 4.39 Å². The number of benzene rings is 2. The van der Waals surface area contributed by atoms with E-state index in [1.165, 1.54) is 0 Å². The number of halogens is 1. The average molecular weight is 259 g/mol. The van der Waals surface area contributed by atoms with Gasteiger partial charge in [0.1, 0.15) is 5.75 Å². The minimum absolute atomic E-state index is 0.0322. The summed E-state index contributed by atoms with van der Waals surface area (Å²) in [6, 6.07) is 12.6. The van der Waals surface area contributed by atoms with Gasteiger partial charge in [0, 0.05) is 6.04 Å². The van der Waals surface area contributed by atoms with Gasteiger partial charge >= 0.3 is 0 Å². The van der Waals surface area contributed by atoms with Crippen LogP contribution in [0.4, 0.5) is 4.39 Å². The molecule has 0 saturated carbocycles. The van der Waals surface area contributed by atoms with E-state index in [0.717, 1.165) is 12.0 Å². The molecule has 0 radical (unpaired) electrons. The lowest BCUT2D eigenvalue weighted by Crippen LogP contribution is -2.08. The van der Waals surface area contributed by atoms with Crippen molar-refractivity contribution in [3.05, 3.63) is 59.4 Å². The summed E-state index contributed by atoms with van der Waals surface area (Å²) >= 11 is 0. The topological polar surface area (TPSA) is 35.2 Å². The highest BCUT2D eigenvalue weighted by molar-refractivity contribution is 5.36. The van der Waals surface area contributed by atoms with Crippen LogP contribution in [0.5, 0.6) is 11.5 Å². The maximum Gasteiger partial charge on any atom is 0.168 e. The predicted molar refractivity (Wildman–Crippen MR) is 74.9 cm³/mol. The number of rotatable bonds is 4. The van der Waals surface area contributed by atoms with E-state index in [4.69, 9.17) is 10.5 Å². The van der Waals surface area contributed by atoms with Crippen molar-refractivity contribution in [2.24, 2.45) is 5.73 Å². The first-order valence-electron chi connectivity index (χ1n) is 6.40. The van der Waals surface area contributed by atoms with E-state index in [2.05, 4.69) is 0 Å². The molecule has 0 spiro atoms. The van der Waals surface area contributed by atoms with Gasteiger partial charge in [0.25, 0.3) is 0 Å². The SMILES string of the molecule is CC[C@H](N)c1ccc(Oc2cccc(C)c2F)cc1. The highest BCUT2D eigenvalue weighted by Gasteiger charge is 2.08. The van der Waals surface area contributed by atoms with Crippen molar-refractivity contribution < 1.29 is 9.13 Å². The number of ether oxygens (including phenoxy) is 1. The van der Waals surface area contributed by atoms with E-state index in [-0.39, 0.29) is 17.6 Å². The zero-order chi connectivity index (χ0) is 13.8. The van der Waals surface area contributed by atoms with Gasteiger partial charge in [0.15, 0.2) is 11.6 Å². The van der Waals surface area contributed by atoms with Crippen molar-refractivity contribution in [1.29, 1.82) is 0 Å². The van der Waals surface area contributed by atoms with Crippen LogP contribution in [0.3, 0.4) is 0 Å². The van der Waals surface area contributed by atoms with Crippen LogP contribution in [0.2, 0.25) is 0 Å². The Balaban J connectivity index is 2.18. The zero-order valence-corrected chi connectivity index (χ0v) is 11.2. The average Bonchev–Trinajstić information content (AvgIpc) is 2.44. The number of aryl methyl sites for hydroxylation is 1. The molecule has 0 heterocycles. The number of hydrogen-bond donors (Lipinski definition) is 1. The molecule has 0 bridgehead atoms. The van der Waals surface area contributed by atoms with Crippen molar-refractivity contribution in [3.8, 4) is 11.5 Å². The molecule has 2 aromatic carbocycles.